The van der Waals surface area contributed by atoms with Crippen molar-refractivity contribution in [1.82, 2.24) is 20.6 Å². The van der Waals surface area contributed by atoms with Gasteiger partial charge in [0.05, 0.1) is 13.7 Å². The smallest absolute Gasteiger partial charge is 1.00 e. The van der Waals surface area contributed by atoms with Crippen LogP contribution in [0.4, 0.5) is 0 Å². The third-order valence-electron chi connectivity index (χ3n) is 5.62. The monoisotopic (exact) mass is 448 g/mol. The van der Waals surface area contributed by atoms with Crippen molar-refractivity contribution in [3.63, 3.8) is 0 Å². The van der Waals surface area contributed by atoms with E-state index < -0.39 is 0 Å². The molecule has 2 aromatic carbocycles. The second-order valence-corrected chi connectivity index (χ2v) is 8.34. The number of phenols is 1. The van der Waals surface area contributed by atoms with Gasteiger partial charge < -0.3 is 16.0 Å². The number of hydrogen-bond acceptors (Lipinski definition) is 6. The molecule has 0 saturated carbocycles. The number of aromatic hydroxyl groups is 1. The van der Waals surface area contributed by atoms with Crippen LogP contribution in [0.5, 0.6) is 17.2 Å². The van der Waals surface area contributed by atoms with Crippen molar-refractivity contribution in [3.05, 3.63) is 47.8 Å². The SMILES string of the molecule is CCc1cc(-c2ccc(OC)cc2)c(O)cc1OCCCCCC(C)(C)c1nn[nH]n1.[H-].[Na+]. The van der Waals surface area contributed by atoms with Gasteiger partial charge in [-0.1, -0.05) is 51.0 Å². The third-order valence-corrected chi connectivity index (χ3v) is 5.62. The van der Waals surface area contributed by atoms with Crippen LogP contribution in [0, 0.1) is 0 Å². The zero-order chi connectivity index (χ0) is 22.3. The van der Waals surface area contributed by atoms with Gasteiger partial charge in [-0.3, -0.25) is 0 Å². The first-order valence-corrected chi connectivity index (χ1v) is 10.8. The summed E-state index contributed by atoms with van der Waals surface area (Å²) in [5.74, 6) is 2.52. The quantitative estimate of drug-likeness (QED) is 0.345. The van der Waals surface area contributed by atoms with Crippen LogP contribution in [0.1, 0.15) is 59.3 Å². The Hall–Kier alpha value is -2.09. The second kappa shape index (κ2) is 12.2. The van der Waals surface area contributed by atoms with Crippen LogP contribution in [0.2, 0.25) is 0 Å². The Morgan fingerprint density at radius 3 is 2.47 bits per heavy atom. The molecule has 0 fully saturated rings. The van der Waals surface area contributed by atoms with Gasteiger partial charge in [-0.2, -0.15) is 5.21 Å². The molecule has 0 radical (unpaired) electrons. The minimum absolute atomic E-state index is 0. The van der Waals surface area contributed by atoms with E-state index in [2.05, 4.69) is 41.4 Å². The van der Waals surface area contributed by atoms with Gasteiger partial charge in [0.2, 0.25) is 0 Å². The molecule has 0 aliphatic rings. The van der Waals surface area contributed by atoms with Crippen LogP contribution in [0.3, 0.4) is 0 Å². The predicted molar refractivity (Wildman–Crippen MR) is 122 cm³/mol. The molecule has 0 saturated heterocycles. The topological polar surface area (TPSA) is 93.1 Å². The molecule has 1 aromatic heterocycles. The van der Waals surface area contributed by atoms with Crippen LogP contribution >= 0.6 is 0 Å². The zero-order valence-corrected chi connectivity index (χ0v) is 21.8. The van der Waals surface area contributed by atoms with E-state index in [9.17, 15) is 5.11 Å². The Bertz CT molecular complexity index is 967. The second-order valence-electron chi connectivity index (χ2n) is 8.34. The van der Waals surface area contributed by atoms with E-state index in [0.29, 0.717) is 6.61 Å². The van der Waals surface area contributed by atoms with Crippen molar-refractivity contribution in [1.29, 1.82) is 0 Å². The van der Waals surface area contributed by atoms with E-state index >= 15 is 0 Å². The molecule has 8 heteroatoms. The first kappa shape index (κ1) is 26.2. The Morgan fingerprint density at radius 2 is 1.84 bits per heavy atom. The molecule has 3 rings (SSSR count). The fourth-order valence-electron chi connectivity index (χ4n) is 3.61. The summed E-state index contributed by atoms with van der Waals surface area (Å²) < 4.78 is 11.2. The summed E-state index contributed by atoms with van der Waals surface area (Å²) in [4.78, 5) is 0. The average molecular weight is 449 g/mol. The van der Waals surface area contributed by atoms with Crippen molar-refractivity contribution in [2.24, 2.45) is 0 Å². The van der Waals surface area contributed by atoms with Crippen molar-refractivity contribution in [2.75, 3.05) is 13.7 Å². The van der Waals surface area contributed by atoms with Gasteiger partial charge >= 0.3 is 29.6 Å². The minimum Gasteiger partial charge on any atom is -1.00 e. The average Bonchev–Trinajstić information content (AvgIpc) is 3.32. The third kappa shape index (κ3) is 6.70. The van der Waals surface area contributed by atoms with Crippen LogP contribution in [-0.2, 0) is 11.8 Å². The largest absolute Gasteiger partial charge is 1.00 e. The summed E-state index contributed by atoms with van der Waals surface area (Å²) in [5.41, 5.74) is 2.74. The van der Waals surface area contributed by atoms with Crippen molar-refractivity contribution in [3.8, 4) is 28.4 Å². The molecule has 0 spiro atoms. The molecule has 168 valence electrons. The fraction of sp³-hybridized carbons (Fsp3) is 0.458. The molecule has 0 atom stereocenters. The summed E-state index contributed by atoms with van der Waals surface area (Å²) in [6.07, 6.45) is 4.89. The standard InChI is InChI=1S/C24H32N4O3.Na.H/c1-5-17-15-20(18-9-11-19(30-4)12-10-18)21(29)16-22(17)31-14-8-6-7-13-24(2,3)23-25-27-28-26-23;;/h9-12,15-16,29H,5-8,13-14H2,1-4H3,(H,25,26,27,28);;/q;+1;-1. The molecule has 7 nitrogen and oxygen atoms in total. The summed E-state index contributed by atoms with van der Waals surface area (Å²) in [6.45, 7) is 6.98. The van der Waals surface area contributed by atoms with E-state index in [1.54, 1.807) is 13.2 Å². The number of hydrogen-bond donors (Lipinski definition) is 2. The normalized spacial score (nSPS) is 11.1. The Kier molecular flexibility index (Phi) is 10.0. The number of methoxy groups -OCH3 is 1. The van der Waals surface area contributed by atoms with Crippen LogP contribution in [-0.4, -0.2) is 39.4 Å². The maximum Gasteiger partial charge on any atom is 1.00 e. The first-order valence-electron chi connectivity index (χ1n) is 10.8. The van der Waals surface area contributed by atoms with Gasteiger partial charge in [-0.15, -0.1) is 10.2 Å². The van der Waals surface area contributed by atoms with E-state index in [0.717, 1.165) is 66.1 Å². The molecule has 0 unspecified atom stereocenters. The summed E-state index contributed by atoms with van der Waals surface area (Å²) in [7, 11) is 1.64. The van der Waals surface area contributed by atoms with Crippen LogP contribution in [0.25, 0.3) is 11.1 Å². The molecule has 0 aliphatic carbocycles. The number of aromatic nitrogens is 4. The number of unbranched alkanes of at least 4 members (excludes halogenated alkanes) is 2. The van der Waals surface area contributed by atoms with E-state index in [4.69, 9.17) is 9.47 Å². The van der Waals surface area contributed by atoms with Crippen LogP contribution in [0.15, 0.2) is 36.4 Å². The summed E-state index contributed by atoms with van der Waals surface area (Å²) in [6, 6.07) is 11.4. The molecule has 3 aromatic rings. The Morgan fingerprint density at radius 1 is 1.09 bits per heavy atom. The molecule has 32 heavy (non-hydrogen) atoms. The van der Waals surface area contributed by atoms with Gasteiger partial charge in [0.25, 0.3) is 0 Å². The maximum atomic E-state index is 10.6. The number of benzene rings is 2. The molecule has 2 N–H and O–H groups in total. The molecular weight excluding hydrogens is 415 g/mol. The van der Waals surface area contributed by atoms with Crippen molar-refractivity contribution in [2.45, 2.75) is 58.3 Å². The molecule has 0 amide bonds. The Balaban J connectivity index is 0.00000272. The number of aromatic amines is 1. The van der Waals surface area contributed by atoms with Gasteiger partial charge in [0.1, 0.15) is 17.2 Å². The van der Waals surface area contributed by atoms with E-state index in [1.165, 1.54) is 0 Å². The van der Waals surface area contributed by atoms with Crippen molar-refractivity contribution >= 4 is 0 Å². The molecule has 1 heterocycles. The number of phenolic OH excluding ortho intramolecular Hbond substituents is 1. The number of nitrogens with one attached hydrogen (secondary N) is 1. The number of aryl methyl sites for hydroxylation is 1. The molecular formula is C24H33N4NaO3. The van der Waals surface area contributed by atoms with Gasteiger partial charge in [0.15, 0.2) is 5.82 Å². The van der Waals surface area contributed by atoms with E-state index in [1.807, 2.05) is 30.3 Å². The number of H-pyrrole nitrogens is 1. The molecule has 0 aliphatic heterocycles. The first-order chi connectivity index (χ1) is 14.9. The maximum absolute atomic E-state index is 10.6. The van der Waals surface area contributed by atoms with Gasteiger partial charge in [0, 0.05) is 17.0 Å². The van der Waals surface area contributed by atoms with E-state index in [-0.39, 0.29) is 42.1 Å². The van der Waals surface area contributed by atoms with Gasteiger partial charge in [-0.05, 0) is 48.6 Å². The predicted octanol–water partition coefficient (Wildman–Crippen LogP) is 2.18. The summed E-state index contributed by atoms with van der Waals surface area (Å²) >= 11 is 0. The fourth-order valence-corrected chi connectivity index (χ4v) is 3.61. The number of rotatable bonds is 11. The molecule has 0 bridgehead atoms. The van der Waals surface area contributed by atoms with Gasteiger partial charge in [-0.25, -0.2) is 0 Å². The Labute approximate surface area is 213 Å². The van der Waals surface area contributed by atoms with Crippen LogP contribution < -0.4 is 39.0 Å². The minimum atomic E-state index is -0.0910. The number of ether oxygens (including phenoxy) is 2. The number of tetrazole rings is 1. The van der Waals surface area contributed by atoms with Crippen molar-refractivity contribution < 1.29 is 45.6 Å². The zero-order valence-electron chi connectivity index (χ0n) is 20.8. The summed E-state index contributed by atoms with van der Waals surface area (Å²) in [5, 5.41) is 25.0. The number of nitrogens with zero attached hydrogens (tertiary/aromatic N) is 3.